The second kappa shape index (κ2) is 12.4. The van der Waals surface area contributed by atoms with Gasteiger partial charge in [0.15, 0.2) is 0 Å². The molecule has 5 heteroatoms. The fourth-order valence-electron chi connectivity index (χ4n) is 0.440. The summed E-state index contributed by atoms with van der Waals surface area (Å²) in [6.45, 7) is 0. The maximum Gasteiger partial charge on any atom is 0.129 e. The monoisotopic (exact) mass is 213 g/mol. The van der Waals surface area contributed by atoms with Gasteiger partial charge >= 0.3 is 0 Å². The number of hydrogen-bond donors (Lipinski definition) is 1. The Labute approximate surface area is 94.7 Å². The Hall–Kier alpha value is -2.64. The number of allylic oxidation sites excluding steroid dienone is 5. The van der Waals surface area contributed by atoms with Crippen LogP contribution in [0.1, 0.15) is 0 Å². The molecule has 0 fully saturated rings. The third-order valence-electron chi connectivity index (χ3n) is 1.01. The molecule has 0 heterocycles. The van der Waals surface area contributed by atoms with Crippen molar-refractivity contribution in [2.24, 2.45) is 0 Å². The summed E-state index contributed by atoms with van der Waals surface area (Å²) >= 11 is 0. The van der Waals surface area contributed by atoms with Crippen molar-refractivity contribution in [2.45, 2.75) is 0 Å². The second-order valence-corrected chi connectivity index (χ2v) is 2.38. The van der Waals surface area contributed by atoms with E-state index in [9.17, 15) is 0 Å². The van der Waals surface area contributed by atoms with Crippen molar-refractivity contribution in [3.05, 3.63) is 34.8 Å². The molecule has 0 unspecified atom stereocenters. The van der Waals surface area contributed by atoms with Crippen LogP contribution in [0.15, 0.2) is 29.4 Å². The first-order valence-corrected chi connectivity index (χ1v) is 4.29. The maximum absolute atomic E-state index is 8.29. The van der Waals surface area contributed by atoms with E-state index >= 15 is 0 Å². The molecule has 0 aromatic rings. The van der Waals surface area contributed by atoms with Crippen LogP contribution < -0.4 is 5.32 Å². The topological polar surface area (TPSA) is 110 Å². The summed E-state index contributed by atoms with van der Waals surface area (Å²) in [7, 11) is 4.00. The van der Waals surface area contributed by atoms with Crippen LogP contribution in [0.2, 0.25) is 0 Å². The lowest BCUT2D eigenvalue weighted by molar-refractivity contribution is -0.597. The highest BCUT2D eigenvalue weighted by atomic mass is 14.7. The first-order chi connectivity index (χ1) is 7.69. The molecular formula is C11H11N5. The Bertz CT molecular complexity index is 414. The molecule has 0 aliphatic carbocycles. The van der Waals surface area contributed by atoms with Crippen LogP contribution in [0.4, 0.5) is 0 Å². The standard InChI is InChI=1S/C9H3N4.C2H7N/c10-4-8(5-11)2-1-3-9(6-12)7-13;1-3-2/h1-3H;3H,1-2H3/q-1;/p+1/b2-1+;. The summed E-state index contributed by atoms with van der Waals surface area (Å²) < 4.78 is 0. The number of rotatable bonds is 2. The van der Waals surface area contributed by atoms with E-state index in [4.69, 9.17) is 21.2 Å². The fraction of sp³-hybridized carbons (Fsp3) is 0.182. The van der Waals surface area contributed by atoms with E-state index in [2.05, 4.69) is 0 Å². The minimum Gasteiger partial charge on any atom is -0.762 e. The quantitative estimate of drug-likeness (QED) is 0.396. The largest absolute Gasteiger partial charge is 0.762 e. The van der Waals surface area contributed by atoms with Gasteiger partial charge in [-0.25, -0.2) is 0 Å². The summed E-state index contributed by atoms with van der Waals surface area (Å²) in [4.78, 5) is 0. The van der Waals surface area contributed by atoms with Gasteiger partial charge in [-0.3, -0.25) is 5.87 Å². The number of nitriles is 3. The molecule has 2 N–H and O–H groups in total. The number of nitrogens with two attached hydrogens (primary N) is 1. The van der Waals surface area contributed by atoms with Crippen molar-refractivity contribution in [1.29, 1.82) is 15.8 Å². The Balaban J connectivity index is 0. The maximum atomic E-state index is 8.29. The predicted molar refractivity (Wildman–Crippen MR) is 59.7 cm³/mol. The van der Waals surface area contributed by atoms with Gasteiger partial charge in [0, 0.05) is 0 Å². The molecule has 0 saturated carbocycles. The summed E-state index contributed by atoms with van der Waals surface area (Å²) in [6, 6.07) is 4.91. The second-order valence-electron chi connectivity index (χ2n) is 2.38. The zero-order valence-electron chi connectivity index (χ0n) is 9.10. The Kier molecular flexibility index (Phi) is 12.2. The summed E-state index contributed by atoms with van der Waals surface area (Å²) in [5, 5.41) is 35.2. The van der Waals surface area contributed by atoms with Crippen molar-refractivity contribution >= 4 is 5.87 Å². The minimum absolute atomic E-state index is 0.0773. The lowest BCUT2D eigenvalue weighted by Gasteiger charge is -1.81. The Morgan fingerprint density at radius 2 is 1.62 bits per heavy atom. The van der Waals surface area contributed by atoms with E-state index in [0.717, 1.165) is 0 Å². The lowest BCUT2D eigenvalue weighted by Crippen LogP contribution is -2.74. The van der Waals surface area contributed by atoms with Crippen LogP contribution in [0.5, 0.6) is 0 Å². The highest BCUT2D eigenvalue weighted by Crippen LogP contribution is 1.93. The molecule has 0 spiro atoms. The molecule has 16 heavy (non-hydrogen) atoms. The van der Waals surface area contributed by atoms with Crippen LogP contribution in [-0.2, 0) is 0 Å². The first-order valence-electron chi connectivity index (χ1n) is 4.29. The Morgan fingerprint density at radius 3 is 1.94 bits per heavy atom. The van der Waals surface area contributed by atoms with Crippen molar-refractivity contribution < 1.29 is 5.32 Å². The van der Waals surface area contributed by atoms with Gasteiger partial charge in [0.05, 0.1) is 19.7 Å². The Morgan fingerprint density at radius 1 is 1.12 bits per heavy atom. The lowest BCUT2D eigenvalue weighted by atomic mass is 10.2. The van der Waals surface area contributed by atoms with E-state index in [1.807, 2.05) is 19.4 Å². The number of nitrogens with zero attached hydrogens (tertiary/aromatic N) is 4. The fourth-order valence-corrected chi connectivity index (χ4v) is 0.440. The molecule has 80 valence electrons. The molecule has 0 radical (unpaired) electrons. The van der Waals surface area contributed by atoms with Gasteiger partial charge < -0.3 is 10.7 Å². The first kappa shape index (κ1) is 15.8. The summed E-state index contributed by atoms with van der Waals surface area (Å²) in [5.41, 5.74) is -0.155. The van der Waals surface area contributed by atoms with E-state index in [-0.39, 0.29) is 11.1 Å². The van der Waals surface area contributed by atoms with Crippen molar-refractivity contribution in [1.82, 2.24) is 0 Å². The normalized spacial score (nSPS) is 7.19. The molecule has 0 bridgehead atoms. The van der Waals surface area contributed by atoms with E-state index in [0.29, 0.717) is 0 Å². The highest BCUT2D eigenvalue weighted by molar-refractivity contribution is 5.70. The molecule has 0 amide bonds. The average Bonchev–Trinajstić information content (AvgIpc) is 2.31. The molecule has 0 atom stereocenters. The molecule has 0 aliphatic rings. The van der Waals surface area contributed by atoms with Gasteiger partial charge in [-0.1, -0.05) is 6.08 Å². The SMILES string of the molecule is C[NH2+]C.N#CC(=C=[N-])/C=C/C=C(C#N)C#N. The molecule has 5 nitrogen and oxygen atoms in total. The predicted octanol–water partition coefficient (Wildman–Crippen LogP) is 0.0146. The van der Waals surface area contributed by atoms with E-state index in [1.165, 1.54) is 18.2 Å². The van der Waals surface area contributed by atoms with Crippen LogP contribution >= 0.6 is 0 Å². The van der Waals surface area contributed by atoms with E-state index in [1.54, 1.807) is 24.1 Å². The van der Waals surface area contributed by atoms with Crippen molar-refractivity contribution in [3.63, 3.8) is 0 Å². The molecule has 0 aromatic carbocycles. The van der Waals surface area contributed by atoms with Crippen LogP contribution in [0.25, 0.3) is 5.41 Å². The number of quaternary nitrogens is 1. The van der Waals surface area contributed by atoms with Crippen molar-refractivity contribution in [3.8, 4) is 18.2 Å². The van der Waals surface area contributed by atoms with Crippen LogP contribution in [0.3, 0.4) is 0 Å². The highest BCUT2D eigenvalue weighted by Gasteiger charge is 1.86. The van der Waals surface area contributed by atoms with Gasteiger partial charge in [-0.15, -0.1) is 0 Å². The summed E-state index contributed by atoms with van der Waals surface area (Å²) in [6.07, 6.45) is 3.77. The molecule has 0 aromatic heterocycles. The molecule has 0 rings (SSSR count). The zero-order valence-corrected chi connectivity index (χ0v) is 9.10. The summed E-state index contributed by atoms with van der Waals surface area (Å²) in [5.74, 6) is 1.64. The number of hydrogen-bond acceptors (Lipinski definition) is 3. The van der Waals surface area contributed by atoms with Crippen molar-refractivity contribution in [2.75, 3.05) is 14.1 Å². The molecule has 0 saturated heterocycles. The van der Waals surface area contributed by atoms with Gasteiger partial charge in [-0.2, -0.15) is 15.8 Å². The van der Waals surface area contributed by atoms with Gasteiger partial charge in [-0.05, 0) is 12.2 Å². The third kappa shape index (κ3) is 9.45. The third-order valence-corrected chi connectivity index (χ3v) is 1.01. The molecular weight excluding hydrogens is 202 g/mol. The molecule has 0 aliphatic heterocycles. The van der Waals surface area contributed by atoms with Crippen LogP contribution in [-0.4, -0.2) is 20.0 Å². The van der Waals surface area contributed by atoms with E-state index < -0.39 is 0 Å². The van der Waals surface area contributed by atoms with Crippen LogP contribution in [0, 0.1) is 34.0 Å². The zero-order chi connectivity index (χ0) is 12.8. The van der Waals surface area contributed by atoms with Gasteiger partial charge in [0.2, 0.25) is 0 Å². The average molecular weight is 213 g/mol. The minimum atomic E-state index is -0.0773. The van der Waals surface area contributed by atoms with Gasteiger partial charge in [0.1, 0.15) is 23.8 Å². The smallest absolute Gasteiger partial charge is 0.129 e. The van der Waals surface area contributed by atoms with Gasteiger partial charge in [0.25, 0.3) is 0 Å².